The Bertz CT molecular complexity index is 242. The minimum Gasteiger partial charge on any atom is -0.314 e. The van der Waals surface area contributed by atoms with Gasteiger partial charge >= 0.3 is 0 Å². The normalized spacial score (nSPS) is 18.4. The molecule has 0 heterocycles. The van der Waals surface area contributed by atoms with Gasteiger partial charge in [0.25, 0.3) is 0 Å². The van der Waals surface area contributed by atoms with Crippen LogP contribution in [0.1, 0.15) is 39.5 Å². The number of hydrogen-bond donors (Lipinski definition) is 1. The van der Waals surface area contributed by atoms with Gasteiger partial charge in [-0.05, 0) is 18.3 Å². The molecule has 1 fully saturated rings. The second-order valence-corrected chi connectivity index (χ2v) is 6.01. The molecule has 1 N–H and O–H groups in total. The molecule has 0 aromatic rings. The molecule has 2 heteroatoms. The zero-order valence-corrected chi connectivity index (χ0v) is 12.3. The van der Waals surface area contributed by atoms with Gasteiger partial charge in [-0.15, -0.1) is 13.2 Å². The maximum Gasteiger partial charge on any atom is 0.0164 e. The van der Waals surface area contributed by atoms with Gasteiger partial charge in [0.2, 0.25) is 0 Å². The van der Waals surface area contributed by atoms with Crippen molar-refractivity contribution in [2.24, 2.45) is 5.41 Å². The van der Waals surface area contributed by atoms with Crippen LogP contribution < -0.4 is 5.32 Å². The standard InChI is InChI=1S/C16H30N2/c1-5-11-18(12-6-2)14-16(9-7-8-10-16)13-17-15(3)4/h5-6,15,17H,1-2,7-14H2,3-4H3. The van der Waals surface area contributed by atoms with E-state index in [-0.39, 0.29) is 0 Å². The third-order valence-corrected chi connectivity index (χ3v) is 3.88. The summed E-state index contributed by atoms with van der Waals surface area (Å²) in [6, 6.07) is 0.578. The summed E-state index contributed by atoms with van der Waals surface area (Å²) in [4.78, 5) is 2.47. The Morgan fingerprint density at radius 1 is 1.17 bits per heavy atom. The van der Waals surface area contributed by atoms with Gasteiger partial charge in [-0.3, -0.25) is 4.90 Å². The zero-order chi connectivity index (χ0) is 13.4. The van der Waals surface area contributed by atoms with E-state index < -0.39 is 0 Å². The minimum atomic E-state index is 0.469. The van der Waals surface area contributed by atoms with Crippen LogP contribution in [0.4, 0.5) is 0 Å². The Kier molecular flexibility index (Phi) is 6.66. The van der Waals surface area contributed by atoms with Crippen LogP contribution in [0.3, 0.4) is 0 Å². The molecular formula is C16H30N2. The quantitative estimate of drug-likeness (QED) is 0.632. The Morgan fingerprint density at radius 3 is 2.17 bits per heavy atom. The van der Waals surface area contributed by atoms with Gasteiger partial charge in [-0.1, -0.05) is 38.8 Å². The smallest absolute Gasteiger partial charge is 0.0164 e. The molecule has 0 aliphatic heterocycles. The molecule has 18 heavy (non-hydrogen) atoms. The highest BCUT2D eigenvalue weighted by Gasteiger charge is 2.34. The first-order chi connectivity index (χ1) is 8.62. The summed E-state index contributed by atoms with van der Waals surface area (Å²) in [5, 5.41) is 3.64. The molecule has 1 rings (SSSR count). The van der Waals surface area contributed by atoms with Gasteiger partial charge < -0.3 is 5.32 Å². The van der Waals surface area contributed by atoms with Crippen molar-refractivity contribution in [1.29, 1.82) is 0 Å². The number of hydrogen-bond acceptors (Lipinski definition) is 2. The monoisotopic (exact) mass is 250 g/mol. The van der Waals surface area contributed by atoms with Crippen molar-refractivity contribution in [2.45, 2.75) is 45.6 Å². The SMILES string of the molecule is C=CCN(CC=C)CC1(CNC(C)C)CCCC1. The molecule has 0 unspecified atom stereocenters. The van der Waals surface area contributed by atoms with Crippen LogP contribution in [0.5, 0.6) is 0 Å². The summed E-state index contributed by atoms with van der Waals surface area (Å²) in [6.07, 6.45) is 9.49. The number of nitrogens with zero attached hydrogens (tertiary/aromatic N) is 1. The van der Waals surface area contributed by atoms with Crippen LogP contribution in [0.15, 0.2) is 25.3 Å². The van der Waals surface area contributed by atoms with Crippen LogP contribution in [0.25, 0.3) is 0 Å². The predicted octanol–water partition coefficient (Wildman–Crippen LogP) is 3.22. The molecule has 0 atom stereocenters. The van der Waals surface area contributed by atoms with Crippen molar-refractivity contribution in [3.8, 4) is 0 Å². The van der Waals surface area contributed by atoms with Crippen molar-refractivity contribution >= 4 is 0 Å². The van der Waals surface area contributed by atoms with Crippen molar-refractivity contribution < 1.29 is 0 Å². The molecule has 1 saturated carbocycles. The van der Waals surface area contributed by atoms with Crippen molar-refractivity contribution in [3.05, 3.63) is 25.3 Å². The van der Waals surface area contributed by atoms with Crippen LogP contribution in [-0.4, -0.2) is 37.1 Å². The first-order valence-electron chi connectivity index (χ1n) is 7.29. The fraction of sp³-hybridized carbons (Fsp3) is 0.750. The van der Waals surface area contributed by atoms with E-state index in [4.69, 9.17) is 0 Å². The number of nitrogens with one attached hydrogen (secondary N) is 1. The fourth-order valence-electron chi connectivity index (χ4n) is 2.98. The molecule has 0 spiro atoms. The van der Waals surface area contributed by atoms with E-state index in [0.29, 0.717) is 11.5 Å². The highest BCUT2D eigenvalue weighted by atomic mass is 15.1. The van der Waals surface area contributed by atoms with Crippen molar-refractivity contribution in [3.63, 3.8) is 0 Å². The lowest BCUT2D eigenvalue weighted by molar-refractivity contribution is 0.167. The molecule has 0 saturated heterocycles. The van der Waals surface area contributed by atoms with Gasteiger partial charge in [0.1, 0.15) is 0 Å². The maximum absolute atomic E-state index is 3.86. The average Bonchev–Trinajstić information content (AvgIpc) is 2.76. The summed E-state index contributed by atoms with van der Waals surface area (Å²) in [6.45, 7) is 16.4. The Labute approximate surface area is 113 Å². The molecule has 0 amide bonds. The zero-order valence-electron chi connectivity index (χ0n) is 12.3. The summed E-state index contributed by atoms with van der Waals surface area (Å²) in [5.74, 6) is 0. The highest BCUT2D eigenvalue weighted by Crippen LogP contribution is 2.38. The molecular weight excluding hydrogens is 220 g/mol. The number of rotatable bonds is 9. The predicted molar refractivity (Wildman–Crippen MR) is 80.9 cm³/mol. The summed E-state index contributed by atoms with van der Waals surface area (Å²) < 4.78 is 0. The topological polar surface area (TPSA) is 15.3 Å². The van der Waals surface area contributed by atoms with Gasteiger partial charge in [0.05, 0.1) is 0 Å². The van der Waals surface area contributed by atoms with Crippen LogP contribution in [-0.2, 0) is 0 Å². The summed E-state index contributed by atoms with van der Waals surface area (Å²) in [7, 11) is 0. The third-order valence-electron chi connectivity index (χ3n) is 3.88. The average molecular weight is 250 g/mol. The molecule has 0 aromatic carbocycles. The molecule has 0 radical (unpaired) electrons. The molecule has 0 aromatic heterocycles. The van der Waals surface area contributed by atoms with Gasteiger partial charge in [-0.2, -0.15) is 0 Å². The fourth-order valence-corrected chi connectivity index (χ4v) is 2.98. The van der Waals surface area contributed by atoms with Crippen LogP contribution in [0.2, 0.25) is 0 Å². The van der Waals surface area contributed by atoms with E-state index in [1.54, 1.807) is 0 Å². The maximum atomic E-state index is 3.86. The molecule has 1 aliphatic rings. The molecule has 1 aliphatic carbocycles. The van der Waals surface area contributed by atoms with Crippen LogP contribution in [0, 0.1) is 5.41 Å². The Balaban J connectivity index is 2.58. The van der Waals surface area contributed by atoms with Crippen LogP contribution >= 0.6 is 0 Å². The van der Waals surface area contributed by atoms with E-state index in [0.717, 1.165) is 19.6 Å². The lowest BCUT2D eigenvalue weighted by Crippen LogP contribution is -2.44. The van der Waals surface area contributed by atoms with Crippen molar-refractivity contribution in [2.75, 3.05) is 26.2 Å². The van der Waals surface area contributed by atoms with Gasteiger partial charge in [-0.25, -0.2) is 0 Å². The van der Waals surface area contributed by atoms with E-state index in [9.17, 15) is 0 Å². The lowest BCUT2D eigenvalue weighted by Gasteiger charge is -2.35. The highest BCUT2D eigenvalue weighted by molar-refractivity contribution is 4.92. The van der Waals surface area contributed by atoms with E-state index in [1.807, 2.05) is 12.2 Å². The first-order valence-corrected chi connectivity index (χ1v) is 7.29. The van der Waals surface area contributed by atoms with Crippen molar-refractivity contribution in [1.82, 2.24) is 10.2 Å². The second kappa shape index (κ2) is 7.75. The largest absolute Gasteiger partial charge is 0.314 e. The van der Waals surface area contributed by atoms with Gasteiger partial charge in [0, 0.05) is 32.2 Å². The Hall–Kier alpha value is -0.600. The molecule has 104 valence electrons. The summed E-state index contributed by atoms with van der Waals surface area (Å²) >= 11 is 0. The first kappa shape index (κ1) is 15.5. The minimum absolute atomic E-state index is 0.469. The van der Waals surface area contributed by atoms with E-state index in [2.05, 4.69) is 37.2 Å². The summed E-state index contributed by atoms with van der Waals surface area (Å²) in [5.41, 5.74) is 0.469. The lowest BCUT2D eigenvalue weighted by atomic mass is 9.85. The Morgan fingerprint density at radius 2 is 1.72 bits per heavy atom. The second-order valence-electron chi connectivity index (χ2n) is 6.01. The van der Waals surface area contributed by atoms with E-state index in [1.165, 1.54) is 32.2 Å². The molecule has 2 nitrogen and oxygen atoms in total. The van der Waals surface area contributed by atoms with E-state index >= 15 is 0 Å². The third kappa shape index (κ3) is 4.95. The van der Waals surface area contributed by atoms with Gasteiger partial charge in [0.15, 0.2) is 0 Å². The molecule has 0 bridgehead atoms.